The Bertz CT molecular complexity index is 1010. The number of aliphatic hydroxyl groups excluding tert-OH is 1. The summed E-state index contributed by atoms with van der Waals surface area (Å²) in [7, 11) is 0. The van der Waals surface area contributed by atoms with E-state index in [1.807, 2.05) is 6.07 Å². The van der Waals surface area contributed by atoms with Gasteiger partial charge in [0.25, 0.3) is 0 Å². The molecule has 12 nitrogen and oxygen atoms in total. The summed E-state index contributed by atoms with van der Waals surface area (Å²) in [5.74, 6) is -3.64. The Morgan fingerprint density at radius 1 is 0.944 bits per heavy atom. The van der Waals surface area contributed by atoms with Gasteiger partial charge in [-0.25, -0.2) is 9.78 Å². The number of benzene rings is 1. The van der Waals surface area contributed by atoms with Crippen LogP contribution in [0.25, 0.3) is 0 Å². The third-order valence-electron chi connectivity index (χ3n) is 5.59. The zero-order chi connectivity index (χ0) is 26.8. The Morgan fingerprint density at radius 3 is 2.11 bits per heavy atom. The molecule has 1 aromatic heterocycles. The van der Waals surface area contributed by atoms with Gasteiger partial charge in [-0.2, -0.15) is 0 Å². The van der Waals surface area contributed by atoms with Crippen LogP contribution in [0, 0.1) is 5.92 Å². The van der Waals surface area contributed by atoms with Crippen LogP contribution in [0.15, 0.2) is 42.9 Å². The number of carboxylic acids is 1. The number of aliphatic hydroxyl groups is 1. The van der Waals surface area contributed by atoms with Crippen molar-refractivity contribution in [3.63, 3.8) is 0 Å². The standard InChI is InChI=1S/C24H34N6O6/c1-13(2)19(25)22(33)28-17(9-15-7-5-4-6-8-15)21(32)30-20(14(3)31)23(34)29-18(24(35)36)10-16-11-26-12-27-16/h4-8,11-14,17-20,31H,9-10,25H2,1-3H3,(H,26,27)(H,28,33)(H,29,34)(H,30,32)(H,35,36). The van der Waals surface area contributed by atoms with E-state index in [0.29, 0.717) is 5.69 Å². The summed E-state index contributed by atoms with van der Waals surface area (Å²) in [6.45, 7) is 4.83. The number of nitrogens with two attached hydrogens (primary N) is 1. The maximum Gasteiger partial charge on any atom is 0.326 e. The number of aromatic nitrogens is 2. The second-order valence-electron chi connectivity index (χ2n) is 8.93. The Hall–Kier alpha value is -3.77. The van der Waals surface area contributed by atoms with Gasteiger partial charge in [-0.1, -0.05) is 44.2 Å². The lowest BCUT2D eigenvalue weighted by Crippen LogP contribution is -2.60. The van der Waals surface area contributed by atoms with Crippen molar-refractivity contribution in [2.45, 2.75) is 63.9 Å². The molecule has 196 valence electrons. The number of amides is 3. The largest absolute Gasteiger partial charge is 0.480 e. The van der Waals surface area contributed by atoms with Crippen molar-refractivity contribution in [2.24, 2.45) is 11.7 Å². The van der Waals surface area contributed by atoms with Crippen molar-refractivity contribution in [1.82, 2.24) is 25.9 Å². The minimum atomic E-state index is -1.48. The summed E-state index contributed by atoms with van der Waals surface area (Å²) in [5, 5.41) is 27.1. The lowest BCUT2D eigenvalue weighted by molar-refractivity contribution is -0.143. The number of hydrogen-bond donors (Lipinski definition) is 7. The van der Waals surface area contributed by atoms with Crippen LogP contribution in [0.4, 0.5) is 0 Å². The van der Waals surface area contributed by atoms with Crippen LogP contribution in [0.3, 0.4) is 0 Å². The van der Waals surface area contributed by atoms with Gasteiger partial charge in [-0.15, -0.1) is 0 Å². The second-order valence-corrected chi connectivity index (χ2v) is 8.93. The van der Waals surface area contributed by atoms with E-state index < -0.39 is 54.0 Å². The van der Waals surface area contributed by atoms with Crippen LogP contribution in [0.1, 0.15) is 32.0 Å². The number of carbonyl (C=O) groups excluding carboxylic acids is 3. The average Bonchev–Trinajstić information content (AvgIpc) is 3.34. The third-order valence-corrected chi connectivity index (χ3v) is 5.59. The predicted molar refractivity (Wildman–Crippen MR) is 130 cm³/mol. The number of nitrogens with zero attached hydrogens (tertiary/aromatic N) is 1. The van der Waals surface area contributed by atoms with Crippen molar-refractivity contribution in [1.29, 1.82) is 0 Å². The first-order chi connectivity index (χ1) is 17.0. The smallest absolute Gasteiger partial charge is 0.326 e. The second kappa shape index (κ2) is 13.4. The van der Waals surface area contributed by atoms with Crippen molar-refractivity contribution in [3.8, 4) is 0 Å². The first-order valence-electron chi connectivity index (χ1n) is 11.6. The molecule has 1 aromatic carbocycles. The molecule has 0 aliphatic heterocycles. The van der Waals surface area contributed by atoms with E-state index in [9.17, 15) is 29.4 Å². The molecule has 8 N–H and O–H groups in total. The molecule has 2 rings (SSSR count). The maximum absolute atomic E-state index is 13.2. The number of carboxylic acid groups (broad SMARTS) is 1. The molecule has 0 spiro atoms. The molecule has 0 bridgehead atoms. The zero-order valence-electron chi connectivity index (χ0n) is 20.5. The number of H-pyrrole nitrogens is 1. The number of hydrogen-bond acceptors (Lipinski definition) is 7. The van der Waals surface area contributed by atoms with E-state index in [-0.39, 0.29) is 18.8 Å². The lowest BCUT2D eigenvalue weighted by Gasteiger charge is -2.27. The van der Waals surface area contributed by atoms with Gasteiger partial charge in [0.1, 0.15) is 18.1 Å². The van der Waals surface area contributed by atoms with E-state index in [4.69, 9.17) is 5.73 Å². The highest BCUT2D eigenvalue weighted by atomic mass is 16.4. The van der Waals surface area contributed by atoms with Crippen LogP contribution in [0.5, 0.6) is 0 Å². The molecule has 0 aliphatic rings. The van der Waals surface area contributed by atoms with Crippen LogP contribution in [0.2, 0.25) is 0 Å². The fraction of sp³-hybridized carbons (Fsp3) is 0.458. The highest BCUT2D eigenvalue weighted by molar-refractivity contribution is 5.94. The summed E-state index contributed by atoms with van der Waals surface area (Å²) < 4.78 is 0. The van der Waals surface area contributed by atoms with Gasteiger partial charge in [-0.3, -0.25) is 14.4 Å². The number of nitrogens with one attached hydrogen (secondary N) is 4. The first kappa shape index (κ1) is 28.5. The molecule has 0 aliphatic carbocycles. The number of rotatable bonds is 13. The van der Waals surface area contributed by atoms with Crippen LogP contribution >= 0.6 is 0 Å². The molecule has 0 saturated heterocycles. The molecule has 0 fully saturated rings. The number of aliphatic carboxylic acids is 1. The van der Waals surface area contributed by atoms with E-state index in [2.05, 4.69) is 25.9 Å². The van der Waals surface area contributed by atoms with Gasteiger partial charge in [0.15, 0.2) is 0 Å². The number of carbonyl (C=O) groups is 4. The maximum atomic E-state index is 13.2. The molecule has 1 heterocycles. The van der Waals surface area contributed by atoms with E-state index >= 15 is 0 Å². The highest BCUT2D eigenvalue weighted by Gasteiger charge is 2.33. The topological polar surface area (TPSA) is 200 Å². The lowest BCUT2D eigenvalue weighted by atomic mass is 10.0. The number of imidazole rings is 1. The average molecular weight is 503 g/mol. The summed E-state index contributed by atoms with van der Waals surface area (Å²) in [4.78, 5) is 56.9. The van der Waals surface area contributed by atoms with E-state index in [1.54, 1.807) is 38.1 Å². The zero-order valence-corrected chi connectivity index (χ0v) is 20.5. The molecule has 3 amide bonds. The summed E-state index contributed by atoms with van der Waals surface area (Å²) in [6, 6.07) is 4.16. The fourth-order valence-corrected chi connectivity index (χ4v) is 3.37. The Labute approximate surface area is 209 Å². The van der Waals surface area contributed by atoms with Crippen LogP contribution in [-0.4, -0.2) is 74.1 Å². The number of aromatic amines is 1. The molecular formula is C24H34N6O6. The molecule has 5 unspecified atom stereocenters. The first-order valence-corrected chi connectivity index (χ1v) is 11.6. The van der Waals surface area contributed by atoms with Crippen LogP contribution in [-0.2, 0) is 32.0 Å². The van der Waals surface area contributed by atoms with Gasteiger partial charge >= 0.3 is 5.97 Å². The summed E-state index contributed by atoms with van der Waals surface area (Å²) in [6.07, 6.45) is 1.47. The van der Waals surface area contributed by atoms with Crippen molar-refractivity contribution >= 4 is 23.7 Å². The van der Waals surface area contributed by atoms with Gasteiger partial charge in [0, 0.05) is 24.7 Å². The third kappa shape index (κ3) is 8.47. The van der Waals surface area contributed by atoms with Crippen molar-refractivity contribution in [3.05, 3.63) is 54.1 Å². The monoisotopic (exact) mass is 502 g/mol. The van der Waals surface area contributed by atoms with Gasteiger partial charge < -0.3 is 36.9 Å². The summed E-state index contributed by atoms with van der Waals surface area (Å²) >= 11 is 0. The van der Waals surface area contributed by atoms with Crippen LogP contribution < -0.4 is 21.7 Å². The SMILES string of the molecule is CC(C)C(N)C(=O)NC(Cc1ccccc1)C(=O)NC(C(=O)NC(Cc1cnc[nH]1)C(=O)O)C(C)O. The molecule has 0 saturated carbocycles. The summed E-state index contributed by atoms with van der Waals surface area (Å²) in [5.41, 5.74) is 7.16. The molecular weight excluding hydrogens is 468 g/mol. The minimum Gasteiger partial charge on any atom is -0.480 e. The van der Waals surface area contributed by atoms with Gasteiger partial charge in [0.05, 0.1) is 18.5 Å². The minimum absolute atomic E-state index is 0.0820. The molecule has 0 radical (unpaired) electrons. The van der Waals surface area contributed by atoms with Gasteiger partial charge in [-0.05, 0) is 18.4 Å². The molecule has 36 heavy (non-hydrogen) atoms. The quantitative estimate of drug-likeness (QED) is 0.183. The van der Waals surface area contributed by atoms with E-state index in [0.717, 1.165) is 5.56 Å². The predicted octanol–water partition coefficient (Wildman–Crippen LogP) is -0.902. The van der Waals surface area contributed by atoms with Crippen molar-refractivity contribution < 1.29 is 29.4 Å². The molecule has 2 aromatic rings. The van der Waals surface area contributed by atoms with Gasteiger partial charge in [0.2, 0.25) is 17.7 Å². The Kier molecular flexibility index (Phi) is 10.6. The Morgan fingerprint density at radius 2 is 1.58 bits per heavy atom. The highest BCUT2D eigenvalue weighted by Crippen LogP contribution is 2.07. The molecule has 12 heteroatoms. The fourth-order valence-electron chi connectivity index (χ4n) is 3.37. The Balaban J connectivity index is 2.18. The van der Waals surface area contributed by atoms with Crippen molar-refractivity contribution in [2.75, 3.05) is 0 Å². The molecule has 5 atom stereocenters. The van der Waals surface area contributed by atoms with E-state index in [1.165, 1.54) is 19.4 Å². The normalized spacial score (nSPS) is 15.3.